The first-order chi connectivity index (χ1) is 6.68. The van der Waals surface area contributed by atoms with E-state index < -0.39 is 5.97 Å². The standard InChI is InChI=1S/C9H14O5/c1-8(11)7-14-9(13-6-4-10)3-2-5-12-9/h4H,2-3,5-7H2,1H3. The summed E-state index contributed by atoms with van der Waals surface area (Å²) < 4.78 is 15.6. The summed E-state index contributed by atoms with van der Waals surface area (Å²) in [6, 6.07) is 0. The van der Waals surface area contributed by atoms with Gasteiger partial charge in [0.25, 0.3) is 5.97 Å². The zero-order valence-corrected chi connectivity index (χ0v) is 8.15. The van der Waals surface area contributed by atoms with E-state index >= 15 is 0 Å². The second-order valence-corrected chi connectivity index (χ2v) is 3.10. The van der Waals surface area contributed by atoms with Gasteiger partial charge in [0.15, 0.2) is 5.78 Å². The van der Waals surface area contributed by atoms with Crippen LogP contribution in [0.5, 0.6) is 0 Å². The van der Waals surface area contributed by atoms with E-state index in [4.69, 9.17) is 14.2 Å². The number of aldehydes is 1. The van der Waals surface area contributed by atoms with Crippen LogP contribution in [0.15, 0.2) is 0 Å². The summed E-state index contributed by atoms with van der Waals surface area (Å²) in [4.78, 5) is 20.8. The minimum Gasteiger partial charge on any atom is -0.327 e. The van der Waals surface area contributed by atoms with Gasteiger partial charge in [-0.2, -0.15) is 0 Å². The summed E-state index contributed by atoms with van der Waals surface area (Å²) in [5.41, 5.74) is 0. The number of ether oxygens (including phenoxy) is 3. The molecule has 80 valence electrons. The Labute approximate surface area is 82.3 Å². The SMILES string of the molecule is CC(=O)COC1(OCC=O)CCCO1. The third kappa shape index (κ3) is 3.17. The van der Waals surface area contributed by atoms with Gasteiger partial charge in [-0.3, -0.25) is 4.79 Å². The number of hydrogen-bond donors (Lipinski definition) is 0. The largest absolute Gasteiger partial charge is 0.327 e. The molecule has 0 aliphatic carbocycles. The highest BCUT2D eigenvalue weighted by Gasteiger charge is 2.37. The molecule has 1 aliphatic heterocycles. The molecule has 1 saturated heterocycles. The third-order valence-electron chi connectivity index (χ3n) is 1.82. The molecule has 1 atom stereocenters. The smallest absolute Gasteiger partial charge is 0.283 e. The number of hydrogen-bond acceptors (Lipinski definition) is 5. The lowest BCUT2D eigenvalue weighted by Gasteiger charge is -2.26. The highest BCUT2D eigenvalue weighted by molar-refractivity contribution is 5.76. The lowest BCUT2D eigenvalue weighted by atomic mass is 10.3. The van der Waals surface area contributed by atoms with E-state index in [1.54, 1.807) is 0 Å². The van der Waals surface area contributed by atoms with Crippen LogP contribution in [0.25, 0.3) is 0 Å². The fourth-order valence-electron chi connectivity index (χ4n) is 1.23. The summed E-state index contributed by atoms with van der Waals surface area (Å²) in [6.07, 6.45) is 1.98. The fraction of sp³-hybridized carbons (Fsp3) is 0.778. The predicted molar refractivity (Wildman–Crippen MR) is 46.6 cm³/mol. The molecular formula is C9H14O5. The number of ketones is 1. The van der Waals surface area contributed by atoms with Crippen LogP contribution in [0.2, 0.25) is 0 Å². The summed E-state index contributed by atoms with van der Waals surface area (Å²) >= 11 is 0. The molecule has 1 unspecified atom stereocenters. The molecule has 0 aromatic carbocycles. The van der Waals surface area contributed by atoms with Crippen molar-refractivity contribution in [1.82, 2.24) is 0 Å². The first-order valence-electron chi connectivity index (χ1n) is 4.53. The molecule has 1 rings (SSSR count). The molecule has 0 radical (unpaired) electrons. The van der Waals surface area contributed by atoms with Gasteiger partial charge in [0.05, 0.1) is 6.61 Å². The van der Waals surface area contributed by atoms with Crippen molar-refractivity contribution < 1.29 is 23.8 Å². The average molecular weight is 202 g/mol. The predicted octanol–water partition coefficient (Wildman–Crippen LogP) is 0.272. The highest BCUT2D eigenvalue weighted by atomic mass is 16.9. The van der Waals surface area contributed by atoms with Crippen LogP contribution >= 0.6 is 0 Å². The van der Waals surface area contributed by atoms with E-state index in [0.29, 0.717) is 19.3 Å². The maximum Gasteiger partial charge on any atom is 0.283 e. The van der Waals surface area contributed by atoms with Gasteiger partial charge < -0.3 is 19.0 Å². The Morgan fingerprint density at radius 3 is 2.86 bits per heavy atom. The van der Waals surface area contributed by atoms with E-state index in [1.807, 2.05) is 0 Å². The van der Waals surface area contributed by atoms with Gasteiger partial charge in [-0.05, 0) is 13.3 Å². The van der Waals surface area contributed by atoms with Gasteiger partial charge in [-0.15, -0.1) is 0 Å². The van der Waals surface area contributed by atoms with Crippen molar-refractivity contribution in [2.45, 2.75) is 25.7 Å². The average Bonchev–Trinajstić information content (AvgIpc) is 2.61. The Kier molecular flexibility index (Phi) is 4.19. The van der Waals surface area contributed by atoms with Crippen molar-refractivity contribution in [3.8, 4) is 0 Å². The van der Waals surface area contributed by atoms with Crippen molar-refractivity contribution >= 4 is 12.1 Å². The summed E-state index contributed by atoms with van der Waals surface area (Å²) in [6.45, 7) is 1.80. The maximum absolute atomic E-state index is 10.7. The molecule has 0 aromatic rings. The maximum atomic E-state index is 10.7. The molecule has 1 aliphatic rings. The first-order valence-corrected chi connectivity index (χ1v) is 4.53. The van der Waals surface area contributed by atoms with Crippen molar-refractivity contribution in [2.24, 2.45) is 0 Å². The Morgan fingerprint density at radius 2 is 2.36 bits per heavy atom. The molecule has 5 nitrogen and oxygen atoms in total. The number of carbonyl (C=O) groups excluding carboxylic acids is 2. The van der Waals surface area contributed by atoms with Crippen LogP contribution < -0.4 is 0 Å². The first kappa shape index (κ1) is 11.3. The Hall–Kier alpha value is -0.780. The summed E-state index contributed by atoms with van der Waals surface area (Å²) in [5.74, 6) is -1.28. The molecule has 5 heteroatoms. The van der Waals surface area contributed by atoms with Crippen molar-refractivity contribution in [3.63, 3.8) is 0 Å². The van der Waals surface area contributed by atoms with Crippen LogP contribution in [0.3, 0.4) is 0 Å². The van der Waals surface area contributed by atoms with Crippen molar-refractivity contribution in [1.29, 1.82) is 0 Å². The van der Waals surface area contributed by atoms with Crippen molar-refractivity contribution in [2.75, 3.05) is 19.8 Å². The Balaban J connectivity index is 2.43. The Bertz CT molecular complexity index is 207. The van der Waals surface area contributed by atoms with Gasteiger partial charge in [0.2, 0.25) is 0 Å². The Morgan fingerprint density at radius 1 is 1.57 bits per heavy atom. The van der Waals surface area contributed by atoms with Crippen LogP contribution in [0.1, 0.15) is 19.8 Å². The molecule has 1 heterocycles. The lowest BCUT2D eigenvalue weighted by molar-refractivity contribution is -0.353. The number of rotatable bonds is 6. The molecule has 0 aromatic heterocycles. The topological polar surface area (TPSA) is 61.8 Å². The molecule has 1 fully saturated rings. The van der Waals surface area contributed by atoms with E-state index in [9.17, 15) is 9.59 Å². The normalized spacial score (nSPS) is 26.4. The lowest BCUT2D eigenvalue weighted by Crippen LogP contribution is -2.37. The molecule has 0 amide bonds. The third-order valence-corrected chi connectivity index (χ3v) is 1.82. The monoisotopic (exact) mass is 202 g/mol. The van der Waals surface area contributed by atoms with Crippen LogP contribution in [-0.4, -0.2) is 37.9 Å². The zero-order chi connectivity index (χ0) is 10.4. The minimum atomic E-state index is -1.17. The second-order valence-electron chi connectivity index (χ2n) is 3.10. The van der Waals surface area contributed by atoms with Gasteiger partial charge in [0.1, 0.15) is 19.5 Å². The summed E-state index contributed by atoms with van der Waals surface area (Å²) in [5, 5.41) is 0. The van der Waals surface area contributed by atoms with E-state index in [-0.39, 0.29) is 19.0 Å². The van der Waals surface area contributed by atoms with Crippen LogP contribution in [-0.2, 0) is 23.8 Å². The van der Waals surface area contributed by atoms with Crippen LogP contribution in [0.4, 0.5) is 0 Å². The highest BCUT2D eigenvalue weighted by Crippen LogP contribution is 2.27. The van der Waals surface area contributed by atoms with E-state index in [2.05, 4.69) is 0 Å². The molecule has 14 heavy (non-hydrogen) atoms. The van der Waals surface area contributed by atoms with E-state index in [1.165, 1.54) is 6.92 Å². The number of carbonyl (C=O) groups is 2. The van der Waals surface area contributed by atoms with Gasteiger partial charge in [0, 0.05) is 6.42 Å². The number of Topliss-reactive ketones (excluding diaryl/α,β-unsaturated/α-hetero) is 1. The molecular weight excluding hydrogens is 188 g/mol. The molecule has 0 N–H and O–H groups in total. The second kappa shape index (κ2) is 5.19. The van der Waals surface area contributed by atoms with Crippen LogP contribution in [0, 0.1) is 0 Å². The zero-order valence-electron chi connectivity index (χ0n) is 8.15. The van der Waals surface area contributed by atoms with Gasteiger partial charge in [-0.25, -0.2) is 0 Å². The van der Waals surface area contributed by atoms with Crippen molar-refractivity contribution in [3.05, 3.63) is 0 Å². The van der Waals surface area contributed by atoms with Gasteiger partial charge in [-0.1, -0.05) is 0 Å². The molecule has 0 saturated carbocycles. The fourth-order valence-corrected chi connectivity index (χ4v) is 1.23. The molecule has 0 spiro atoms. The molecule has 0 bridgehead atoms. The van der Waals surface area contributed by atoms with Gasteiger partial charge >= 0.3 is 0 Å². The minimum absolute atomic E-state index is 0.0567. The van der Waals surface area contributed by atoms with E-state index in [0.717, 1.165) is 6.42 Å². The summed E-state index contributed by atoms with van der Waals surface area (Å²) in [7, 11) is 0. The quantitative estimate of drug-likeness (QED) is 0.457.